The first-order valence-electron chi connectivity index (χ1n) is 12.2. The van der Waals surface area contributed by atoms with Crippen LogP contribution in [0.1, 0.15) is 50.8 Å². The van der Waals surface area contributed by atoms with Gasteiger partial charge in [0.25, 0.3) is 5.91 Å². The van der Waals surface area contributed by atoms with Crippen molar-refractivity contribution in [2.24, 2.45) is 10.5 Å². The molecule has 0 bridgehead atoms. The number of carbonyl (C=O) groups excluding carboxylic acids is 2. The predicted molar refractivity (Wildman–Crippen MR) is 139 cm³/mol. The molecule has 1 aliphatic rings. The van der Waals surface area contributed by atoms with Crippen LogP contribution in [0.4, 0.5) is 4.39 Å². The Kier molecular flexibility index (Phi) is 9.26. The SMILES string of the molecule is COCCN(CC(=O)N1N=C(c2ccc(F)cc2)C[C@H]1c1ccc(OC)c(OC)c1)C(=O)CC(C)(C)C. The monoisotopic (exact) mass is 513 g/mol. The summed E-state index contributed by atoms with van der Waals surface area (Å²) in [6.45, 7) is 6.41. The third kappa shape index (κ3) is 7.29. The Morgan fingerprint density at radius 1 is 1.05 bits per heavy atom. The number of hydrogen-bond acceptors (Lipinski definition) is 6. The van der Waals surface area contributed by atoms with Gasteiger partial charge < -0.3 is 19.1 Å². The molecule has 0 aromatic heterocycles. The van der Waals surface area contributed by atoms with Crippen LogP contribution >= 0.6 is 0 Å². The first kappa shape index (κ1) is 28.1. The smallest absolute Gasteiger partial charge is 0.262 e. The molecule has 3 rings (SSSR count). The Balaban J connectivity index is 1.94. The molecule has 1 heterocycles. The first-order chi connectivity index (χ1) is 17.6. The van der Waals surface area contributed by atoms with Gasteiger partial charge in [-0.2, -0.15) is 5.10 Å². The number of hydrogen-bond donors (Lipinski definition) is 0. The third-order valence-electron chi connectivity index (χ3n) is 6.06. The molecule has 37 heavy (non-hydrogen) atoms. The number of rotatable bonds is 10. The van der Waals surface area contributed by atoms with Crippen molar-refractivity contribution in [2.75, 3.05) is 41.0 Å². The van der Waals surface area contributed by atoms with E-state index in [1.54, 1.807) is 39.5 Å². The summed E-state index contributed by atoms with van der Waals surface area (Å²) in [7, 11) is 4.66. The van der Waals surface area contributed by atoms with E-state index in [1.807, 2.05) is 32.9 Å². The summed E-state index contributed by atoms with van der Waals surface area (Å²) < 4.78 is 29.5. The molecule has 0 saturated carbocycles. The Morgan fingerprint density at radius 3 is 2.32 bits per heavy atom. The molecule has 0 fully saturated rings. The Bertz CT molecular complexity index is 1130. The molecule has 0 unspecified atom stereocenters. The topological polar surface area (TPSA) is 80.7 Å². The summed E-state index contributed by atoms with van der Waals surface area (Å²) in [6.07, 6.45) is 0.716. The van der Waals surface area contributed by atoms with Crippen molar-refractivity contribution < 1.29 is 28.2 Å². The number of ether oxygens (including phenoxy) is 3. The van der Waals surface area contributed by atoms with E-state index >= 15 is 0 Å². The standard InChI is InChI=1S/C28H36FN3O5/c1-28(2,3)17-26(33)31(13-14-35-4)18-27(34)32-23(20-9-12-24(36-5)25(15-20)37-6)16-22(30-32)19-7-10-21(29)11-8-19/h7-12,15,23H,13-14,16-18H2,1-6H3/t23-/m0/s1. The minimum atomic E-state index is -0.436. The molecule has 0 N–H and O–H groups in total. The van der Waals surface area contributed by atoms with E-state index in [4.69, 9.17) is 14.2 Å². The maximum Gasteiger partial charge on any atom is 0.262 e. The fraction of sp³-hybridized carbons (Fsp3) is 0.464. The molecule has 1 aliphatic heterocycles. The van der Waals surface area contributed by atoms with E-state index in [9.17, 15) is 14.0 Å². The van der Waals surface area contributed by atoms with Crippen LogP contribution in [-0.4, -0.2) is 68.5 Å². The van der Waals surface area contributed by atoms with E-state index < -0.39 is 6.04 Å². The highest BCUT2D eigenvalue weighted by molar-refractivity contribution is 6.03. The molecule has 9 heteroatoms. The second kappa shape index (κ2) is 12.2. The van der Waals surface area contributed by atoms with Gasteiger partial charge in [-0.1, -0.05) is 39.0 Å². The third-order valence-corrected chi connectivity index (χ3v) is 6.06. The molecule has 0 aliphatic carbocycles. The minimum absolute atomic E-state index is 0.123. The molecule has 0 saturated heterocycles. The van der Waals surface area contributed by atoms with E-state index in [-0.39, 0.29) is 29.6 Å². The molecule has 2 aromatic carbocycles. The normalized spacial score (nSPS) is 15.4. The molecule has 200 valence electrons. The zero-order valence-corrected chi connectivity index (χ0v) is 22.4. The van der Waals surface area contributed by atoms with Crippen LogP contribution in [-0.2, 0) is 14.3 Å². The van der Waals surface area contributed by atoms with Gasteiger partial charge in [0.15, 0.2) is 11.5 Å². The highest BCUT2D eigenvalue weighted by Crippen LogP contribution is 2.37. The van der Waals surface area contributed by atoms with Crippen molar-refractivity contribution in [3.05, 3.63) is 59.4 Å². The van der Waals surface area contributed by atoms with Gasteiger partial charge in [-0.3, -0.25) is 9.59 Å². The maximum atomic E-state index is 13.6. The molecular formula is C28H36FN3O5. The second-order valence-corrected chi connectivity index (χ2v) is 10.2. The van der Waals surface area contributed by atoms with Crippen LogP contribution in [0.25, 0.3) is 0 Å². The number of halogens is 1. The second-order valence-electron chi connectivity index (χ2n) is 10.2. The van der Waals surface area contributed by atoms with E-state index in [0.29, 0.717) is 43.2 Å². The molecule has 2 amide bonds. The number of amides is 2. The number of carbonyl (C=O) groups is 2. The van der Waals surface area contributed by atoms with Gasteiger partial charge in [-0.05, 0) is 40.8 Å². The number of methoxy groups -OCH3 is 3. The lowest BCUT2D eigenvalue weighted by Gasteiger charge is -2.29. The quantitative estimate of drug-likeness (QED) is 0.470. The average molecular weight is 514 g/mol. The van der Waals surface area contributed by atoms with Gasteiger partial charge >= 0.3 is 0 Å². The average Bonchev–Trinajstić information content (AvgIpc) is 3.31. The van der Waals surface area contributed by atoms with Crippen molar-refractivity contribution in [1.29, 1.82) is 0 Å². The summed E-state index contributed by atoms with van der Waals surface area (Å²) in [6, 6.07) is 11.1. The molecular weight excluding hydrogens is 477 g/mol. The number of nitrogens with zero attached hydrogens (tertiary/aromatic N) is 3. The Hall–Kier alpha value is -3.46. The Labute approximate surface area is 218 Å². The van der Waals surface area contributed by atoms with E-state index in [2.05, 4.69) is 5.10 Å². The lowest BCUT2D eigenvalue weighted by Crippen LogP contribution is -2.43. The highest BCUT2D eigenvalue weighted by atomic mass is 19.1. The first-order valence-corrected chi connectivity index (χ1v) is 12.2. The lowest BCUT2D eigenvalue weighted by atomic mass is 9.91. The summed E-state index contributed by atoms with van der Waals surface area (Å²) in [5, 5.41) is 6.07. The van der Waals surface area contributed by atoms with Crippen LogP contribution in [0.15, 0.2) is 47.6 Å². The van der Waals surface area contributed by atoms with Gasteiger partial charge in [0.2, 0.25) is 5.91 Å². The van der Waals surface area contributed by atoms with Crippen LogP contribution in [0.5, 0.6) is 11.5 Å². The number of hydrazone groups is 1. The van der Waals surface area contributed by atoms with Crippen LogP contribution in [0, 0.1) is 11.2 Å². The molecule has 8 nitrogen and oxygen atoms in total. The highest BCUT2D eigenvalue weighted by Gasteiger charge is 2.35. The number of benzene rings is 2. The predicted octanol–water partition coefficient (Wildman–Crippen LogP) is 4.43. The summed E-state index contributed by atoms with van der Waals surface area (Å²) in [5.74, 6) is 0.306. The largest absolute Gasteiger partial charge is 0.493 e. The molecule has 0 spiro atoms. The lowest BCUT2D eigenvalue weighted by molar-refractivity contribution is -0.143. The van der Waals surface area contributed by atoms with Crippen molar-refractivity contribution >= 4 is 17.5 Å². The van der Waals surface area contributed by atoms with Crippen molar-refractivity contribution in [3.63, 3.8) is 0 Å². The van der Waals surface area contributed by atoms with Crippen LogP contribution in [0.3, 0.4) is 0 Å². The van der Waals surface area contributed by atoms with Gasteiger partial charge in [0.05, 0.1) is 32.6 Å². The van der Waals surface area contributed by atoms with Crippen molar-refractivity contribution in [1.82, 2.24) is 9.91 Å². The van der Waals surface area contributed by atoms with E-state index in [0.717, 1.165) is 11.1 Å². The fourth-order valence-electron chi connectivity index (χ4n) is 4.17. The minimum Gasteiger partial charge on any atom is -0.493 e. The van der Waals surface area contributed by atoms with Gasteiger partial charge in [-0.15, -0.1) is 0 Å². The maximum absolute atomic E-state index is 13.6. The van der Waals surface area contributed by atoms with Crippen molar-refractivity contribution in [3.8, 4) is 11.5 Å². The molecule has 2 aromatic rings. The Morgan fingerprint density at radius 2 is 1.73 bits per heavy atom. The fourth-order valence-corrected chi connectivity index (χ4v) is 4.17. The summed E-state index contributed by atoms with van der Waals surface area (Å²) >= 11 is 0. The molecule has 0 radical (unpaired) electrons. The van der Waals surface area contributed by atoms with Gasteiger partial charge in [0.1, 0.15) is 12.4 Å². The van der Waals surface area contributed by atoms with Gasteiger partial charge in [0, 0.05) is 26.5 Å². The summed E-state index contributed by atoms with van der Waals surface area (Å²) in [4.78, 5) is 28.2. The van der Waals surface area contributed by atoms with Crippen molar-refractivity contribution in [2.45, 2.75) is 39.7 Å². The van der Waals surface area contributed by atoms with Gasteiger partial charge in [-0.25, -0.2) is 9.40 Å². The van der Waals surface area contributed by atoms with Crippen LogP contribution < -0.4 is 9.47 Å². The molecule has 1 atom stereocenters. The summed E-state index contributed by atoms with van der Waals surface area (Å²) in [5.41, 5.74) is 1.95. The zero-order chi connectivity index (χ0) is 27.2. The van der Waals surface area contributed by atoms with E-state index in [1.165, 1.54) is 22.0 Å². The van der Waals surface area contributed by atoms with Crippen LogP contribution in [0.2, 0.25) is 0 Å². The zero-order valence-electron chi connectivity index (χ0n) is 22.4.